The first-order valence-electron chi connectivity index (χ1n) is 7.07. The van der Waals surface area contributed by atoms with Crippen molar-refractivity contribution in [2.24, 2.45) is 0 Å². The zero-order valence-corrected chi connectivity index (χ0v) is 15.7. The van der Waals surface area contributed by atoms with Crippen LogP contribution in [0.4, 0.5) is 0 Å². The Morgan fingerprint density at radius 3 is 1.62 bits per heavy atom. The van der Waals surface area contributed by atoms with Crippen molar-refractivity contribution in [2.75, 3.05) is 28.2 Å². The Morgan fingerprint density at radius 2 is 1.19 bits per heavy atom. The van der Waals surface area contributed by atoms with Gasteiger partial charge in [-0.2, -0.15) is 0 Å². The zero-order chi connectivity index (χ0) is 15.5. The molecule has 114 valence electrons. The fraction of sp³-hybridized carbons (Fsp3) is 0.294. The van der Waals surface area contributed by atoms with Gasteiger partial charge in [-0.15, -0.1) is 0 Å². The fourth-order valence-corrected chi connectivity index (χ4v) is 8.41. The molecule has 0 atom stereocenters. The molecule has 0 radical (unpaired) electrons. The summed E-state index contributed by atoms with van der Waals surface area (Å²) < 4.78 is 4.74. The Morgan fingerprint density at radius 1 is 0.762 bits per heavy atom. The molecule has 0 amide bonds. The summed E-state index contributed by atoms with van der Waals surface area (Å²) in [5.41, 5.74) is -1.24. The topological polar surface area (TPSA) is 6.48 Å². The van der Waals surface area contributed by atoms with E-state index < -0.39 is 5.61 Å². The van der Waals surface area contributed by atoms with Crippen molar-refractivity contribution in [2.45, 2.75) is 6.16 Å². The van der Waals surface area contributed by atoms with Crippen LogP contribution in [-0.4, -0.2) is 37.5 Å². The summed E-state index contributed by atoms with van der Waals surface area (Å²) in [7, 11) is 8.68. The van der Waals surface area contributed by atoms with Crippen LogP contribution in [0.5, 0.6) is 0 Å². The van der Waals surface area contributed by atoms with E-state index in [1.165, 1.54) is 10.9 Å². The fourth-order valence-electron chi connectivity index (χ4n) is 2.82. The molecule has 21 heavy (non-hydrogen) atoms. The predicted molar refractivity (Wildman–Crippen MR) is 99.4 cm³/mol. The molecule has 0 N–H and O–H groups in total. The summed E-state index contributed by atoms with van der Waals surface area (Å²) in [6, 6.07) is 21.5. The third-order valence-electron chi connectivity index (χ3n) is 4.20. The molecular formula is C17H24BrN2P. The second-order valence-corrected chi connectivity index (χ2v) is 14.8. The molecule has 0 spiro atoms. The van der Waals surface area contributed by atoms with Gasteiger partial charge in [0, 0.05) is 0 Å². The first-order chi connectivity index (χ1) is 9.89. The summed E-state index contributed by atoms with van der Waals surface area (Å²) in [6.07, 6.45) is 0.969. The standard InChI is InChI=1S/C17H24BrN2P/c1-19(2)21(18,20(3)4,17-13-9-6-10-14-17)15-16-11-7-5-8-12-16/h5-14H,15H2,1-4H3. The molecule has 2 rings (SSSR count). The molecule has 2 aromatic rings. The van der Waals surface area contributed by atoms with Gasteiger partial charge in [0.25, 0.3) is 0 Å². The summed E-state index contributed by atoms with van der Waals surface area (Å²) in [6.45, 7) is 0. The van der Waals surface area contributed by atoms with Gasteiger partial charge in [-0.3, -0.25) is 0 Å². The van der Waals surface area contributed by atoms with Crippen molar-refractivity contribution in [3.05, 3.63) is 66.2 Å². The second kappa shape index (κ2) is 6.18. The minimum atomic E-state index is -2.59. The molecule has 0 unspecified atom stereocenters. The Balaban J connectivity index is 2.64. The molecule has 2 aromatic carbocycles. The second-order valence-electron chi connectivity index (χ2n) is 5.76. The van der Waals surface area contributed by atoms with Gasteiger partial charge >= 0.3 is 136 Å². The molecular weight excluding hydrogens is 343 g/mol. The summed E-state index contributed by atoms with van der Waals surface area (Å²) >= 11 is 4.25. The number of benzene rings is 2. The molecule has 4 heteroatoms. The van der Waals surface area contributed by atoms with Crippen LogP contribution in [0.25, 0.3) is 0 Å². The molecule has 0 bridgehead atoms. The third kappa shape index (κ3) is 2.80. The van der Waals surface area contributed by atoms with E-state index in [2.05, 4.69) is 114 Å². The average molecular weight is 367 g/mol. The van der Waals surface area contributed by atoms with E-state index in [1.807, 2.05) is 0 Å². The first kappa shape index (κ1) is 16.6. The van der Waals surface area contributed by atoms with E-state index in [4.69, 9.17) is 0 Å². The van der Waals surface area contributed by atoms with Crippen molar-refractivity contribution in [3.8, 4) is 0 Å². The third-order valence-corrected chi connectivity index (χ3v) is 15.5. The van der Waals surface area contributed by atoms with Gasteiger partial charge in [0.05, 0.1) is 0 Å². The Labute approximate surface area is 136 Å². The molecule has 0 aliphatic rings. The van der Waals surface area contributed by atoms with Crippen molar-refractivity contribution < 1.29 is 0 Å². The monoisotopic (exact) mass is 366 g/mol. The molecule has 0 aliphatic heterocycles. The molecule has 0 heterocycles. The van der Waals surface area contributed by atoms with Gasteiger partial charge in [0.1, 0.15) is 0 Å². The van der Waals surface area contributed by atoms with Crippen LogP contribution in [-0.2, 0) is 6.16 Å². The van der Waals surface area contributed by atoms with Crippen molar-refractivity contribution >= 4 is 26.4 Å². The van der Waals surface area contributed by atoms with E-state index >= 15 is 0 Å². The van der Waals surface area contributed by atoms with Crippen molar-refractivity contribution in [1.29, 1.82) is 0 Å². The number of rotatable bonds is 5. The van der Waals surface area contributed by atoms with Gasteiger partial charge in [0.2, 0.25) is 0 Å². The van der Waals surface area contributed by atoms with Gasteiger partial charge in [-0.25, -0.2) is 0 Å². The molecule has 0 aromatic heterocycles. The van der Waals surface area contributed by atoms with E-state index in [9.17, 15) is 0 Å². The van der Waals surface area contributed by atoms with E-state index in [0.29, 0.717) is 0 Å². The van der Waals surface area contributed by atoms with Gasteiger partial charge < -0.3 is 0 Å². The summed E-state index contributed by atoms with van der Waals surface area (Å²) in [5.74, 6) is 0. The van der Waals surface area contributed by atoms with Crippen LogP contribution in [0.2, 0.25) is 0 Å². The number of halogens is 1. The Kier molecular flexibility index (Phi) is 4.89. The van der Waals surface area contributed by atoms with Crippen LogP contribution >= 0.6 is 21.1 Å². The SMILES string of the molecule is CN(C)P(Br)(Cc1ccccc1)(c1ccccc1)N(C)C. The summed E-state index contributed by atoms with van der Waals surface area (Å²) in [4.78, 5) is 0. The van der Waals surface area contributed by atoms with Gasteiger partial charge in [-0.05, 0) is 0 Å². The van der Waals surface area contributed by atoms with Crippen molar-refractivity contribution in [3.63, 3.8) is 0 Å². The maximum absolute atomic E-state index is 4.25. The number of hydrogen-bond donors (Lipinski definition) is 0. The van der Waals surface area contributed by atoms with E-state index in [-0.39, 0.29) is 0 Å². The zero-order valence-electron chi connectivity index (χ0n) is 13.2. The molecule has 2 nitrogen and oxygen atoms in total. The van der Waals surface area contributed by atoms with E-state index in [0.717, 1.165) is 6.16 Å². The normalized spacial score (nSPS) is 14.1. The molecule has 0 aliphatic carbocycles. The van der Waals surface area contributed by atoms with Crippen LogP contribution in [0.15, 0.2) is 60.7 Å². The van der Waals surface area contributed by atoms with Crippen LogP contribution < -0.4 is 5.30 Å². The number of hydrogen-bond acceptors (Lipinski definition) is 2. The van der Waals surface area contributed by atoms with Crippen molar-refractivity contribution in [1.82, 2.24) is 9.34 Å². The quantitative estimate of drug-likeness (QED) is 0.726. The first-order valence-corrected chi connectivity index (χ1v) is 11.4. The van der Waals surface area contributed by atoms with Gasteiger partial charge in [-0.1, -0.05) is 0 Å². The predicted octanol–water partition coefficient (Wildman–Crippen LogP) is 4.33. The Bertz CT molecular complexity index is 576. The van der Waals surface area contributed by atoms with Crippen LogP contribution in [0, 0.1) is 0 Å². The van der Waals surface area contributed by atoms with Crippen LogP contribution in [0.3, 0.4) is 0 Å². The summed E-state index contributed by atoms with van der Waals surface area (Å²) in [5, 5.41) is 1.35. The maximum atomic E-state index is 4.25. The van der Waals surface area contributed by atoms with E-state index in [1.54, 1.807) is 0 Å². The molecule has 0 saturated carbocycles. The Hall–Kier alpha value is -0.730. The van der Waals surface area contributed by atoms with Crippen LogP contribution in [0.1, 0.15) is 5.56 Å². The molecule has 0 fully saturated rings. The van der Waals surface area contributed by atoms with Gasteiger partial charge in [0.15, 0.2) is 0 Å². The number of nitrogens with zero attached hydrogens (tertiary/aromatic N) is 2. The molecule has 0 saturated heterocycles. The minimum absolute atomic E-state index is 0.969. The average Bonchev–Trinajstić information content (AvgIpc) is 2.48.